The van der Waals surface area contributed by atoms with Crippen LogP contribution in [0.4, 0.5) is 0 Å². The fourth-order valence-corrected chi connectivity index (χ4v) is 0.694. The largest absolute Gasteiger partial charge is 0.480 e. The van der Waals surface area contributed by atoms with Gasteiger partial charge in [0, 0.05) is 0 Å². The van der Waals surface area contributed by atoms with Gasteiger partial charge in [-0.25, -0.2) is 4.79 Å². The second kappa shape index (κ2) is 5.04. The smallest absolute Gasteiger partial charge is 0.327 e. The van der Waals surface area contributed by atoms with Gasteiger partial charge < -0.3 is 5.11 Å². The summed E-state index contributed by atoms with van der Waals surface area (Å²) in [7, 11) is 0. The molecule has 0 aromatic carbocycles. The van der Waals surface area contributed by atoms with E-state index in [2.05, 4.69) is 17.9 Å². The first-order valence-electron chi connectivity index (χ1n) is 2.64. The molecule has 1 atom stereocenters. The molecule has 2 N–H and O–H groups in total. The minimum absolute atomic E-state index is 0.282. The summed E-state index contributed by atoms with van der Waals surface area (Å²) in [5.41, 5.74) is 1.90. The van der Waals surface area contributed by atoms with E-state index < -0.39 is 12.0 Å². The van der Waals surface area contributed by atoms with Gasteiger partial charge in [-0.15, -0.1) is 4.91 Å². The van der Waals surface area contributed by atoms with Crippen molar-refractivity contribution < 1.29 is 9.90 Å². The molecule has 0 fully saturated rings. The third-order valence-electron chi connectivity index (χ3n) is 0.924. The van der Waals surface area contributed by atoms with Crippen LogP contribution in [0.3, 0.4) is 0 Å². The zero-order chi connectivity index (χ0) is 7.98. The number of hydrogen-bond donors (Lipinski definition) is 3. The Hall–Kier alpha value is -0.780. The number of nitrogens with zero attached hydrogens (tertiary/aromatic N) is 1. The summed E-state index contributed by atoms with van der Waals surface area (Å²) in [6, 6.07) is -0.907. The molecule has 10 heavy (non-hydrogen) atoms. The standard InChI is InChI=1S/C4H8N2O3S/c7-4(8)3(1-2-10)5-6-9/h3,10H,1-2H2,(H,5,9)(H,7,8)/t3-/m0/s1. The van der Waals surface area contributed by atoms with E-state index in [9.17, 15) is 9.70 Å². The van der Waals surface area contributed by atoms with Gasteiger partial charge in [0.2, 0.25) is 0 Å². The third kappa shape index (κ3) is 3.29. The molecule has 0 radical (unpaired) electrons. The van der Waals surface area contributed by atoms with E-state index >= 15 is 0 Å². The number of nitroso groups, excluding NO2 is 1. The highest BCUT2D eigenvalue weighted by Gasteiger charge is 2.14. The summed E-state index contributed by atoms with van der Waals surface area (Å²) in [5.74, 6) is -0.687. The molecule has 0 heterocycles. The highest BCUT2D eigenvalue weighted by molar-refractivity contribution is 7.80. The van der Waals surface area contributed by atoms with E-state index in [1.54, 1.807) is 0 Å². The highest BCUT2D eigenvalue weighted by Crippen LogP contribution is 1.93. The lowest BCUT2D eigenvalue weighted by molar-refractivity contribution is -0.139. The van der Waals surface area contributed by atoms with Crippen molar-refractivity contribution in [1.29, 1.82) is 0 Å². The van der Waals surface area contributed by atoms with E-state index in [1.807, 2.05) is 5.43 Å². The van der Waals surface area contributed by atoms with Crippen LogP contribution in [0.1, 0.15) is 6.42 Å². The number of rotatable bonds is 5. The number of thiol groups is 1. The van der Waals surface area contributed by atoms with Crippen molar-refractivity contribution in [3.63, 3.8) is 0 Å². The molecule has 0 saturated carbocycles. The fourth-order valence-electron chi connectivity index (χ4n) is 0.436. The number of aliphatic carboxylic acids is 1. The molecule has 0 unspecified atom stereocenters. The minimum Gasteiger partial charge on any atom is -0.480 e. The Morgan fingerprint density at radius 1 is 1.80 bits per heavy atom. The predicted octanol–water partition coefficient (Wildman–Crippen LogP) is 0.0305. The van der Waals surface area contributed by atoms with Gasteiger partial charge in [-0.2, -0.15) is 12.6 Å². The van der Waals surface area contributed by atoms with Crippen molar-refractivity contribution >= 4 is 18.6 Å². The van der Waals surface area contributed by atoms with Gasteiger partial charge in [-0.05, 0) is 12.2 Å². The Morgan fingerprint density at radius 3 is 2.70 bits per heavy atom. The van der Waals surface area contributed by atoms with E-state index in [4.69, 9.17) is 5.11 Å². The van der Waals surface area contributed by atoms with Gasteiger partial charge in [0.05, 0.1) is 5.29 Å². The summed E-state index contributed by atoms with van der Waals surface area (Å²) in [5, 5.41) is 10.6. The van der Waals surface area contributed by atoms with Crippen LogP contribution < -0.4 is 5.43 Å². The van der Waals surface area contributed by atoms with Crippen molar-refractivity contribution in [3.8, 4) is 0 Å². The summed E-state index contributed by atoms with van der Waals surface area (Å²) in [4.78, 5) is 19.7. The fraction of sp³-hybridized carbons (Fsp3) is 0.750. The topological polar surface area (TPSA) is 78.8 Å². The van der Waals surface area contributed by atoms with Crippen molar-refractivity contribution in [2.24, 2.45) is 5.29 Å². The molecule has 0 aliphatic heterocycles. The lowest BCUT2D eigenvalue weighted by atomic mass is 10.2. The second-order valence-electron chi connectivity index (χ2n) is 1.62. The Morgan fingerprint density at radius 2 is 2.40 bits per heavy atom. The van der Waals surface area contributed by atoms with Crippen LogP contribution in [0.15, 0.2) is 5.29 Å². The molecule has 0 aliphatic rings. The number of carboxylic acid groups (broad SMARTS) is 1. The molecule has 58 valence electrons. The maximum atomic E-state index is 10.2. The van der Waals surface area contributed by atoms with Crippen molar-refractivity contribution in [2.75, 3.05) is 5.75 Å². The first-order chi connectivity index (χ1) is 4.72. The quantitative estimate of drug-likeness (QED) is 0.304. The molecule has 0 spiro atoms. The normalized spacial score (nSPS) is 12.1. The zero-order valence-corrected chi connectivity index (χ0v) is 6.04. The Balaban J connectivity index is 3.71. The van der Waals surface area contributed by atoms with Crippen LogP contribution in [0.25, 0.3) is 0 Å². The third-order valence-corrected chi connectivity index (χ3v) is 1.18. The van der Waals surface area contributed by atoms with E-state index in [-0.39, 0.29) is 6.42 Å². The first kappa shape index (κ1) is 9.22. The maximum absolute atomic E-state index is 10.2. The lowest BCUT2D eigenvalue weighted by Crippen LogP contribution is -2.33. The van der Waals surface area contributed by atoms with Gasteiger partial charge in [0.25, 0.3) is 0 Å². The number of carbonyl (C=O) groups is 1. The molecule has 5 nitrogen and oxygen atoms in total. The molecule has 0 aliphatic carbocycles. The minimum atomic E-state index is -1.09. The van der Waals surface area contributed by atoms with Gasteiger partial charge in [0.15, 0.2) is 0 Å². The Bertz CT molecular complexity index is 130. The van der Waals surface area contributed by atoms with Crippen molar-refractivity contribution in [1.82, 2.24) is 5.43 Å². The number of hydrogen-bond acceptors (Lipinski definition) is 4. The van der Waals surface area contributed by atoms with Crippen molar-refractivity contribution in [3.05, 3.63) is 4.91 Å². The van der Waals surface area contributed by atoms with Gasteiger partial charge in [-0.3, -0.25) is 5.43 Å². The second-order valence-corrected chi connectivity index (χ2v) is 2.07. The SMILES string of the molecule is O=NN[C@@H](CCS)C(=O)O. The van der Waals surface area contributed by atoms with Crippen LogP contribution in [0.2, 0.25) is 0 Å². The molecule has 6 heteroatoms. The molecular formula is C4H8N2O3S. The van der Waals surface area contributed by atoms with Gasteiger partial charge >= 0.3 is 5.97 Å². The Kier molecular flexibility index (Phi) is 4.65. The summed E-state index contributed by atoms with van der Waals surface area (Å²) >= 11 is 3.80. The van der Waals surface area contributed by atoms with Crippen LogP contribution in [-0.2, 0) is 4.79 Å². The van der Waals surface area contributed by atoms with Gasteiger partial charge in [0.1, 0.15) is 6.04 Å². The van der Waals surface area contributed by atoms with Crippen molar-refractivity contribution in [2.45, 2.75) is 12.5 Å². The summed E-state index contributed by atoms with van der Waals surface area (Å²) < 4.78 is 0. The average Bonchev–Trinajstić information content (AvgIpc) is 1.87. The molecule has 0 saturated heterocycles. The zero-order valence-electron chi connectivity index (χ0n) is 5.15. The number of nitrogens with one attached hydrogen (secondary N) is 1. The molecule has 0 rings (SSSR count). The van der Waals surface area contributed by atoms with E-state index in [0.717, 1.165) is 0 Å². The monoisotopic (exact) mass is 164 g/mol. The summed E-state index contributed by atoms with van der Waals surface area (Å²) in [6.07, 6.45) is 0.282. The van der Waals surface area contributed by atoms with Crippen LogP contribution in [0.5, 0.6) is 0 Å². The van der Waals surface area contributed by atoms with Crippen LogP contribution >= 0.6 is 12.6 Å². The Labute approximate surface area is 63.2 Å². The number of carboxylic acids is 1. The molecule has 0 aromatic rings. The lowest BCUT2D eigenvalue weighted by Gasteiger charge is -2.05. The van der Waals surface area contributed by atoms with E-state index in [1.165, 1.54) is 0 Å². The average molecular weight is 164 g/mol. The van der Waals surface area contributed by atoms with Gasteiger partial charge in [-0.1, -0.05) is 0 Å². The molecule has 0 aromatic heterocycles. The van der Waals surface area contributed by atoms with Crippen LogP contribution in [0, 0.1) is 4.91 Å². The first-order valence-corrected chi connectivity index (χ1v) is 3.27. The highest BCUT2D eigenvalue weighted by atomic mass is 32.1. The molecule has 0 bridgehead atoms. The predicted molar refractivity (Wildman–Crippen MR) is 38.8 cm³/mol. The molecular weight excluding hydrogens is 156 g/mol. The maximum Gasteiger partial charge on any atom is 0.327 e. The van der Waals surface area contributed by atoms with E-state index in [0.29, 0.717) is 5.75 Å². The van der Waals surface area contributed by atoms with Crippen LogP contribution in [-0.4, -0.2) is 22.9 Å². The summed E-state index contributed by atoms with van der Waals surface area (Å²) in [6.45, 7) is 0. The molecule has 0 amide bonds.